The van der Waals surface area contributed by atoms with Crippen molar-refractivity contribution in [3.8, 4) is 0 Å². The first-order valence-corrected chi connectivity index (χ1v) is 7.53. The van der Waals surface area contributed by atoms with Crippen molar-refractivity contribution in [1.82, 2.24) is 0 Å². The van der Waals surface area contributed by atoms with Crippen LogP contribution in [0.3, 0.4) is 0 Å². The van der Waals surface area contributed by atoms with Crippen molar-refractivity contribution in [2.24, 2.45) is 11.8 Å². The van der Waals surface area contributed by atoms with Crippen molar-refractivity contribution in [2.45, 2.75) is 93.9 Å². The molecule has 0 heteroatoms. The van der Waals surface area contributed by atoms with Crippen molar-refractivity contribution >= 4 is 0 Å². The summed E-state index contributed by atoms with van der Waals surface area (Å²) in [6, 6.07) is 0. The second-order valence-corrected chi connectivity index (χ2v) is 4.98. The SMILES string of the molecule is CCC.CCC(C)C.CCCC(CC)CC. The van der Waals surface area contributed by atoms with E-state index in [2.05, 4.69) is 55.4 Å². The molecule has 0 saturated heterocycles. The number of hydrogen-bond donors (Lipinski definition) is 0. The quantitative estimate of drug-likeness (QED) is 0.493. The Bertz CT molecular complexity index is 80.0. The highest BCUT2D eigenvalue weighted by atomic mass is 14.0. The molecule has 0 amide bonds. The molecule has 0 bridgehead atoms. The molecule has 0 saturated carbocycles. The fourth-order valence-corrected chi connectivity index (χ4v) is 1.11. The molecular weight excluding hydrogens is 192 g/mol. The lowest BCUT2D eigenvalue weighted by molar-refractivity contribution is 0.451. The van der Waals surface area contributed by atoms with Gasteiger partial charge in [-0.05, 0) is 11.8 Å². The second-order valence-electron chi connectivity index (χ2n) is 4.98. The minimum atomic E-state index is 0.884. The Labute approximate surface area is 106 Å². The van der Waals surface area contributed by atoms with Gasteiger partial charge < -0.3 is 0 Å². The molecule has 0 aliphatic rings. The van der Waals surface area contributed by atoms with Crippen LogP contribution in [-0.4, -0.2) is 0 Å². The van der Waals surface area contributed by atoms with E-state index in [4.69, 9.17) is 0 Å². The fourth-order valence-electron chi connectivity index (χ4n) is 1.11. The zero-order chi connectivity index (χ0) is 13.4. The molecule has 0 aromatic carbocycles. The van der Waals surface area contributed by atoms with Gasteiger partial charge >= 0.3 is 0 Å². The van der Waals surface area contributed by atoms with E-state index in [1.165, 1.54) is 38.5 Å². The van der Waals surface area contributed by atoms with Crippen LogP contribution < -0.4 is 0 Å². The average Bonchev–Trinajstić information content (AvgIpc) is 2.27. The first-order valence-electron chi connectivity index (χ1n) is 7.53. The van der Waals surface area contributed by atoms with Crippen molar-refractivity contribution in [3.63, 3.8) is 0 Å². The Balaban J connectivity index is -0.000000181. The summed E-state index contributed by atoms with van der Waals surface area (Å²) in [5, 5.41) is 0. The summed E-state index contributed by atoms with van der Waals surface area (Å²) in [7, 11) is 0. The second kappa shape index (κ2) is 20.4. The highest BCUT2D eigenvalue weighted by Crippen LogP contribution is 2.13. The van der Waals surface area contributed by atoms with Crippen molar-refractivity contribution in [3.05, 3.63) is 0 Å². The lowest BCUT2D eigenvalue weighted by atomic mass is 9.98. The van der Waals surface area contributed by atoms with E-state index < -0.39 is 0 Å². The molecule has 0 rings (SSSR count). The van der Waals surface area contributed by atoms with Crippen LogP contribution in [0.4, 0.5) is 0 Å². The molecule has 0 unspecified atom stereocenters. The fraction of sp³-hybridized carbons (Fsp3) is 1.00. The van der Waals surface area contributed by atoms with E-state index in [-0.39, 0.29) is 0 Å². The third kappa shape index (κ3) is 29.2. The standard InChI is InChI=1S/C8H18.C5H12.C3H8/c1-4-7-8(5-2)6-3;1-4-5(2)3;1-3-2/h8H,4-7H2,1-3H3;5H,4H2,1-3H3;3H2,1-2H3. The van der Waals surface area contributed by atoms with Crippen molar-refractivity contribution in [2.75, 3.05) is 0 Å². The molecule has 0 nitrogen and oxygen atoms in total. The highest BCUT2D eigenvalue weighted by Gasteiger charge is 1.98. The summed E-state index contributed by atoms with van der Waals surface area (Å²) in [4.78, 5) is 0. The van der Waals surface area contributed by atoms with Crippen molar-refractivity contribution < 1.29 is 0 Å². The van der Waals surface area contributed by atoms with Gasteiger partial charge in [-0.2, -0.15) is 0 Å². The summed E-state index contributed by atoms with van der Waals surface area (Å²) in [6.45, 7) is 17.7. The summed E-state index contributed by atoms with van der Waals surface area (Å²) in [5.74, 6) is 1.88. The maximum Gasteiger partial charge on any atom is -0.0420 e. The van der Waals surface area contributed by atoms with Crippen LogP contribution in [0.25, 0.3) is 0 Å². The van der Waals surface area contributed by atoms with Gasteiger partial charge in [0, 0.05) is 0 Å². The average molecular weight is 230 g/mol. The zero-order valence-corrected chi connectivity index (χ0v) is 13.4. The zero-order valence-electron chi connectivity index (χ0n) is 13.4. The lowest BCUT2D eigenvalue weighted by Gasteiger charge is -2.08. The molecule has 0 spiro atoms. The predicted molar refractivity (Wildman–Crippen MR) is 80.1 cm³/mol. The lowest BCUT2D eigenvalue weighted by Crippen LogP contribution is -1.94. The monoisotopic (exact) mass is 230 g/mol. The van der Waals surface area contributed by atoms with Crippen LogP contribution in [0.5, 0.6) is 0 Å². The summed E-state index contributed by atoms with van der Waals surface area (Å²) in [5.41, 5.74) is 0. The molecule has 0 aromatic heterocycles. The van der Waals surface area contributed by atoms with Gasteiger partial charge in [0.2, 0.25) is 0 Å². The van der Waals surface area contributed by atoms with E-state index in [0.29, 0.717) is 0 Å². The van der Waals surface area contributed by atoms with Gasteiger partial charge in [-0.3, -0.25) is 0 Å². The van der Waals surface area contributed by atoms with Gasteiger partial charge in [0.25, 0.3) is 0 Å². The normalized spacial score (nSPS) is 9.38. The summed E-state index contributed by atoms with van der Waals surface area (Å²) in [6.07, 6.45) is 8.06. The molecule has 0 heterocycles. The third-order valence-electron chi connectivity index (χ3n) is 2.67. The topological polar surface area (TPSA) is 0 Å². The van der Waals surface area contributed by atoms with Gasteiger partial charge in [-0.1, -0.05) is 93.9 Å². The largest absolute Gasteiger partial charge is 0.0656 e. The summed E-state index contributed by atoms with van der Waals surface area (Å²) < 4.78 is 0. The smallest absolute Gasteiger partial charge is 0.0420 e. The van der Waals surface area contributed by atoms with Gasteiger partial charge in [0.1, 0.15) is 0 Å². The molecule has 102 valence electrons. The van der Waals surface area contributed by atoms with Crippen LogP contribution in [0.15, 0.2) is 0 Å². The molecule has 0 aromatic rings. The molecule has 0 aliphatic heterocycles. The van der Waals surface area contributed by atoms with Gasteiger partial charge in [-0.25, -0.2) is 0 Å². The molecule has 0 radical (unpaired) electrons. The third-order valence-corrected chi connectivity index (χ3v) is 2.67. The predicted octanol–water partition coefficient (Wildman–Crippen LogP) is 6.69. The molecule has 0 fully saturated rings. The first kappa shape index (κ1) is 21.3. The van der Waals surface area contributed by atoms with Gasteiger partial charge in [0.05, 0.1) is 0 Å². The van der Waals surface area contributed by atoms with Crippen molar-refractivity contribution in [1.29, 1.82) is 0 Å². The minimum Gasteiger partial charge on any atom is -0.0656 e. The highest BCUT2D eigenvalue weighted by molar-refractivity contribution is 4.51. The van der Waals surface area contributed by atoms with E-state index >= 15 is 0 Å². The molecule has 16 heavy (non-hydrogen) atoms. The minimum absolute atomic E-state index is 0.884. The van der Waals surface area contributed by atoms with Gasteiger partial charge in [-0.15, -0.1) is 0 Å². The Hall–Kier alpha value is 0. The number of hydrogen-bond acceptors (Lipinski definition) is 0. The summed E-state index contributed by atoms with van der Waals surface area (Å²) >= 11 is 0. The van der Waals surface area contributed by atoms with Crippen LogP contribution in [0.1, 0.15) is 93.9 Å². The molecule has 0 atom stereocenters. The van der Waals surface area contributed by atoms with Crippen LogP contribution in [0.2, 0.25) is 0 Å². The maximum atomic E-state index is 2.28. The van der Waals surface area contributed by atoms with E-state index in [0.717, 1.165) is 11.8 Å². The van der Waals surface area contributed by atoms with E-state index in [9.17, 15) is 0 Å². The van der Waals surface area contributed by atoms with E-state index in [1.807, 2.05) is 0 Å². The molecule has 0 N–H and O–H groups in total. The van der Waals surface area contributed by atoms with Gasteiger partial charge in [0.15, 0.2) is 0 Å². The Morgan fingerprint density at radius 1 is 0.688 bits per heavy atom. The van der Waals surface area contributed by atoms with Crippen LogP contribution in [0, 0.1) is 11.8 Å². The maximum absolute atomic E-state index is 2.28. The Morgan fingerprint density at radius 3 is 1.06 bits per heavy atom. The molecule has 0 aliphatic carbocycles. The molecular formula is C16H38. The Morgan fingerprint density at radius 2 is 1.00 bits per heavy atom. The van der Waals surface area contributed by atoms with Crippen LogP contribution >= 0.6 is 0 Å². The number of rotatable bonds is 5. The van der Waals surface area contributed by atoms with Crippen LogP contribution in [-0.2, 0) is 0 Å². The van der Waals surface area contributed by atoms with E-state index in [1.54, 1.807) is 0 Å². The first-order chi connectivity index (χ1) is 7.53. The Kier molecular flexibility index (Phi) is 27.2.